The van der Waals surface area contributed by atoms with E-state index in [9.17, 15) is 0 Å². The first-order valence-electron chi connectivity index (χ1n) is 6.65. The molecule has 2 heterocycles. The zero-order chi connectivity index (χ0) is 15.5. The van der Waals surface area contributed by atoms with Gasteiger partial charge in [-0.1, -0.05) is 28.5 Å². The molecule has 0 atom stereocenters. The van der Waals surface area contributed by atoms with Gasteiger partial charge in [-0.3, -0.25) is 0 Å². The quantitative estimate of drug-likeness (QED) is 0.634. The van der Waals surface area contributed by atoms with Gasteiger partial charge in [0, 0.05) is 18.6 Å². The fourth-order valence-electron chi connectivity index (χ4n) is 1.97. The maximum absolute atomic E-state index is 6.02. The second-order valence-corrected chi connectivity index (χ2v) is 6.05. The zero-order valence-electron chi connectivity index (χ0n) is 12.1. The fourth-order valence-corrected chi connectivity index (χ4v) is 2.90. The highest BCUT2D eigenvalue weighted by molar-refractivity contribution is 7.98. The molecule has 1 aromatic carbocycles. The largest absolute Gasteiger partial charge is 0.431 e. The van der Waals surface area contributed by atoms with Crippen molar-refractivity contribution >= 4 is 34.5 Å². The van der Waals surface area contributed by atoms with Gasteiger partial charge in [0.1, 0.15) is 5.52 Å². The number of thioether (sulfide) groups is 1. The van der Waals surface area contributed by atoms with Gasteiger partial charge in [0.15, 0.2) is 11.4 Å². The van der Waals surface area contributed by atoms with Gasteiger partial charge in [-0.2, -0.15) is 4.98 Å². The van der Waals surface area contributed by atoms with Gasteiger partial charge in [0.25, 0.3) is 5.22 Å². The third kappa shape index (κ3) is 3.43. The summed E-state index contributed by atoms with van der Waals surface area (Å²) in [7, 11) is 1.64. The van der Waals surface area contributed by atoms with Crippen LogP contribution in [0.2, 0.25) is 5.02 Å². The average molecular weight is 340 g/mol. The Bertz CT molecular complexity index is 787. The van der Waals surface area contributed by atoms with E-state index in [1.54, 1.807) is 13.2 Å². The molecule has 22 heavy (non-hydrogen) atoms. The number of ether oxygens (including phenoxy) is 1. The van der Waals surface area contributed by atoms with Crippen LogP contribution in [0.25, 0.3) is 11.1 Å². The predicted molar refractivity (Wildman–Crippen MR) is 83.2 cm³/mol. The van der Waals surface area contributed by atoms with E-state index in [1.807, 2.05) is 13.0 Å². The number of benzene rings is 1. The van der Waals surface area contributed by atoms with Crippen molar-refractivity contribution in [3.8, 4) is 0 Å². The molecule has 0 saturated heterocycles. The maximum Gasteiger partial charge on any atom is 0.257 e. The lowest BCUT2D eigenvalue weighted by Crippen LogP contribution is -1.96. The number of rotatable bonds is 6. The van der Waals surface area contributed by atoms with E-state index in [0.29, 0.717) is 40.7 Å². The molecule has 0 radical (unpaired) electrons. The Balaban J connectivity index is 1.68. The number of halogens is 1. The molecule has 0 aliphatic heterocycles. The van der Waals surface area contributed by atoms with Crippen molar-refractivity contribution in [3.05, 3.63) is 34.4 Å². The van der Waals surface area contributed by atoms with E-state index >= 15 is 0 Å². The summed E-state index contributed by atoms with van der Waals surface area (Å²) in [5, 5.41) is 5.09. The summed E-state index contributed by atoms with van der Waals surface area (Å²) in [6.07, 6.45) is 0.630. The van der Waals surface area contributed by atoms with Crippen LogP contribution in [0.15, 0.2) is 26.3 Å². The first-order chi connectivity index (χ1) is 10.7. The first-order valence-corrected chi connectivity index (χ1v) is 8.02. The van der Waals surface area contributed by atoms with E-state index < -0.39 is 0 Å². The Morgan fingerprint density at radius 3 is 3.00 bits per heavy atom. The number of hydrogen-bond donors (Lipinski definition) is 0. The molecule has 0 N–H and O–H groups in total. The smallest absolute Gasteiger partial charge is 0.257 e. The monoisotopic (exact) mass is 339 g/mol. The summed E-state index contributed by atoms with van der Waals surface area (Å²) >= 11 is 7.42. The molecule has 0 fully saturated rings. The van der Waals surface area contributed by atoms with Gasteiger partial charge < -0.3 is 13.7 Å². The van der Waals surface area contributed by atoms with Crippen LogP contribution in [0.1, 0.15) is 17.3 Å². The number of oxazole rings is 1. The summed E-state index contributed by atoms with van der Waals surface area (Å²) in [4.78, 5) is 8.69. The third-order valence-electron chi connectivity index (χ3n) is 2.98. The summed E-state index contributed by atoms with van der Waals surface area (Å²) in [6.45, 7) is 2.51. The standard InChI is InChI=1S/C14H14ClN3O3S/c1-8-5-9(15)6-10-13(8)20-14(16-10)22-7-12-17-11(18-21-12)3-4-19-2/h5-6H,3-4,7H2,1-2H3. The summed E-state index contributed by atoms with van der Waals surface area (Å²) in [5.41, 5.74) is 2.46. The van der Waals surface area contributed by atoms with Crippen LogP contribution < -0.4 is 0 Å². The molecule has 0 unspecified atom stereocenters. The van der Waals surface area contributed by atoms with Crippen LogP contribution >= 0.6 is 23.4 Å². The van der Waals surface area contributed by atoms with Gasteiger partial charge in [-0.15, -0.1) is 0 Å². The first kappa shape index (κ1) is 15.3. The predicted octanol–water partition coefficient (Wildman–Crippen LogP) is 3.65. The number of nitrogens with zero attached hydrogens (tertiary/aromatic N) is 3. The zero-order valence-corrected chi connectivity index (χ0v) is 13.7. The van der Waals surface area contributed by atoms with E-state index in [-0.39, 0.29) is 0 Å². The molecule has 6 nitrogen and oxygen atoms in total. The number of fused-ring (bicyclic) bond motifs is 1. The van der Waals surface area contributed by atoms with Gasteiger partial charge in [-0.25, -0.2) is 4.98 Å². The molecule has 0 saturated carbocycles. The summed E-state index contributed by atoms with van der Waals surface area (Å²) in [6, 6.07) is 3.64. The van der Waals surface area contributed by atoms with Crippen LogP contribution in [0.4, 0.5) is 0 Å². The Hall–Kier alpha value is -1.57. The van der Waals surface area contributed by atoms with Crippen LogP contribution in [0, 0.1) is 6.92 Å². The van der Waals surface area contributed by atoms with Crippen molar-refractivity contribution in [1.82, 2.24) is 15.1 Å². The molecule has 116 valence electrons. The van der Waals surface area contributed by atoms with Gasteiger partial charge >= 0.3 is 0 Å². The van der Waals surface area contributed by atoms with Crippen molar-refractivity contribution in [2.45, 2.75) is 24.3 Å². The van der Waals surface area contributed by atoms with Crippen LogP contribution in [0.3, 0.4) is 0 Å². The Morgan fingerprint density at radius 1 is 1.32 bits per heavy atom. The molecular weight excluding hydrogens is 326 g/mol. The van der Waals surface area contributed by atoms with Gasteiger partial charge in [0.05, 0.1) is 12.4 Å². The summed E-state index contributed by atoms with van der Waals surface area (Å²) in [5.74, 6) is 1.67. The molecule has 3 aromatic rings. The topological polar surface area (TPSA) is 74.2 Å². The Morgan fingerprint density at radius 2 is 2.18 bits per heavy atom. The molecule has 0 spiro atoms. The molecule has 3 rings (SSSR count). The number of aromatic nitrogens is 3. The molecular formula is C14H14ClN3O3S. The SMILES string of the molecule is COCCc1noc(CSc2nc3cc(Cl)cc(C)c3o2)n1. The number of methoxy groups -OCH3 is 1. The van der Waals surface area contributed by atoms with Crippen molar-refractivity contribution < 1.29 is 13.7 Å². The molecule has 0 bridgehead atoms. The summed E-state index contributed by atoms with van der Waals surface area (Å²) < 4.78 is 15.9. The van der Waals surface area contributed by atoms with Crippen LogP contribution in [-0.4, -0.2) is 28.8 Å². The Kier molecular flexibility index (Phi) is 4.66. The van der Waals surface area contributed by atoms with Crippen LogP contribution in [0.5, 0.6) is 0 Å². The second-order valence-electron chi connectivity index (χ2n) is 4.69. The highest BCUT2D eigenvalue weighted by Crippen LogP contribution is 2.29. The normalized spacial score (nSPS) is 11.4. The van der Waals surface area contributed by atoms with Gasteiger partial charge in [-0.05, 0) is 24.6 Å². The molecule has 0 aliphatic rings. The average Bonchev–Trinajstić information content (AvgIpc) is 3.09. The third-order valence-corrected chi connectivity index (χ3v) is 4.01. The minimum absolute atomic E-state index is 0.500. The lowest BCUT2D eigenvalue weighted by Gasteiger charge is -1.93. The highest BCUT2D eigenvalue weighted by Gasteiger charge is 2.12. The fraction of sp³-hybridized carbons (Fsp3) is 0.357. The van der Waals surface area contributed by atoms with Crippen molar-refractivity contribution in [3.63, 3.8) is 0 Å². The molecule has 0 aliphatic carbocycles. The van der Waals surface area contributed by atoms with Crippen LogP contribution in [-0.2, 0) is 16.9 Å². The van der Waals surface area contributed by atoms with E-state index in [2.05, 4.69) is 15.1 Å². The van der Waals surface area contributed by atoms with E-state index in [0.717, 1.165) is 16.7 Å². The second kappa shape index (κ2) is 6.68. The number of aryl methyl sites for hydroxylation is 1. The molecule has 0 amide bonds. The molecule has 2 aromatic heterocycles. The Labute approximate surface area is 136 Å². The van der Waals surface area contributed by atoms with Crippen molar-refractivity contribution in [2.75, 3.05) is 13.7 Å². The minimum Gasteiger partial charge on any atom is -0.431 e. The maximum atomic E-state index is 6.02. The molecule has 8 heteroatoms. The minimum atomic E-state index is 0.500. The van der Waals surface area contributed by atoms with E-state index in [1.165, 1.54) is 11.8 Å². The van der Waals surface area contributed by atoms with Gasteiger partial charge in [0.2, 0.25) is 5.89 Å². The lowest BCUT2D eigenvalue weighted by molar-refractivity contribution is 0.199. The van der Waals surface area contributed by atoms with Crippen molar-refractivity contribution in [1.29, 1.82) is 0 Å². The van der Waals surface area contributed by atoms with E-state index in [4.69, 9.17) is 25.3 Å². The highest BCUT2D eigenvalue weighted by atomic mass is 35.5. The number of hydrogen-bond acceptors (Lipinski definition) is 7. The van der Waals surface area contributed by atoms with Crippen molar-refractivity contribution in [2.24, 2.45) is 0 Å². The lowest BCUT2D eigenvalue weighted by atomic mass is 10.2.